The largest absolute Gasteiger partial charge is 0.507 e. The highest BCUT2D eigenvalue weighted by Crippen LogP contribution is 2.50. The highest BCUT2D eigenvalue weighted by atomic mass is 35.5. The number of anilines is 3. The molecule has 9 nitrogen and oxygen atoms in total. The number of aliphatic hydroxyl groups excluding tert-OH is 1. The van der Waals surface area contributed by atoms with E-state index >= 15 is 8.78 Å². The number of amidine groups is 1. The van der Waals surface area contributed by atoms with Crippen molar-refractivity contribution in [2.45, 2.75) is 45.4 Å². The number of carbonyl (C=O) groups is 1. The van der Waals surface area contributed by atoms with Gasteiger partial charge in [0.05, 0.1) is 51.1 Å². The number of phenols is 1. The van der Waals surface area contributed by atoms with Gasteiger partial charge in [0.1, 0.15) is 17.4 Å². The van der Waals surface area contributed by atoms with Crippen molar-refractivity contribution in [3.63, 3.8) is 0 Å². The molecule has 4 N–H and O–H groups in total. The first-order valence-electron chi connectivity index (χ1n) is 14.3. The SMILES string of the molecule is C=CC(=O)N1CC(C)N2C(=N)c3c(Nc4c(C)ccnc4C(C)O)c(F)c(-c4c(O)cccc4F)c(Cl)c3N(C)CCC2C1. The van der Waals surface area contributed by atoms with E-state index in [4.69, 9.17) is 11.6 Å². The molecule has 1 amide bonds. The van der Waals surface area contributed by atoms with Gasteiger partial charge in [-0.25, -0.2) is 8.78 Å². The van der Waals surface area contributed by atoms with Gasteiger partial charge in [0.15, 0.2) is 5.82 Å². The van der Waals surface area contributed by atoms with Gasteiger partial charge in [-0.1, -0.05) is 24.2 Å². The van der Waals surface area contributed by atoms with E-state index in [0.29, 0.717) is 37.3 Å². The number of aliphatic hydroxyl groups is 1. The normalized spacial score (nSPS) is 19.1. The van der Waals surface area contributed by atoms with Crippen molar-refractivity contribution >= 4 is 40.4 Å². The van der Waals surface area contributed by atoms with E-state index in [1.165, 1.54) is 31.3 Å². The van der Waals surface area contributed by atoms with Gasteiger partial charge in [-0.05, 0) is 57.0 Å². The summed E-state index contributed by atoms with van der Waals surface area (Å²) in [7, 11) is 1.75. The van der Waals surface area contributed by atoms with Crippen LogP contribution in [0.2, 0.25) is 5.02 Å². The van der Waals surface area contributed by atoms with Gasteiger partial charge in [0.2, 0.25) is 5.91 Å². The number of aryl methyl sites for hydroxylation is 1. The number of halogens is 3. The lowest BCUT2D eigenvalue weighted by atomic mass is 9.92. The maximum absolute atomic E-state index is 17.1. The molecule has 12 heteroatoms. The molecule has 2 aliphatic heterocycles. The summed E-state index contributed by atoms with van der Waals surface area (Å²) in [6.45, 7) is 9.87. The summed E-state index contributed by atoms with van der Waals surface area (Å²) in [5.74, 6) is -2.61. The lowest BCUT2D eigenvalue weighted by Crippen LogP contribution is -2.61. The predicted octanol–water partition coefficient (Wildman–Crippen LogP) is 5.74. The van der Waals surface area contributed by atoms with Gasteiger partial charge < -0.3 is 30.2 Å². The number of hydrogen-bond donors (Lipinski definition) is 4. The molecular formula is C32H35ClF2N6O3. The molecular weight excluding hydrogens is 590 g/mol. The first kappa shape index (κ1) is 31.2. The van der Waals surface area contributed by atoms with Crippen LogP contribution in [0.5, 0.6) is 5.75 Å². The van der Waals surface area contributed by atoms with Crippen molar-refractivity contribution in [3.05, 3.63) is 76.6 Å². The summed E-state index contributed by atoms with van der Waals surface area (Å²) in [5.41, 5.74) is 0.634. The van der Waals surface area contributed by atoms with E-state index in [1.54, 1.807) is 29.8 Å². The Morgan fingerprint density at radius 1 is 1.23 bits per heavy atom. The third-order valence-electron chi connectivity index (χ3n) is 8.37. The van der Waals surface area contributed by atoms with E-state index in [0.717, 1.165) is 6.07 Å². The van der Waals surface area contributed by atoms with Crippen LogP contribution < -0.4 is 10.2 Å². The molecule has 3 aromatic rings. The molecule has 3 unspecified atom stereocenters. The Bertz CT molecular complexity index is 1650. The summed E-state index contributed by atoms with van der Waals surface area (Å²) in [6.07, 6.45) is 2.31. The maximum atomic E-state index is 17.1. The lowest BCUT2D eigenvalue weighted by Gasteiger charge is -2.49. The molecule has 1 aromatic heterocycles. The van der Waals surface area contributed by atoms with Crippen molar-refractivity contribution in [2.75, 3.05) is 36.9 Å². The van der Waals surface area contributed by atoms with Crippen molar-refractivity contribution in [1.82, 2.24) is 14.8 Å². The molecule has 2 aliphatic rings. The van der Waals surface area contributed by atoms with Gasteiger partial charge >= 0.3 is 0 Å². The fourth-order valence-corrected chi connectivity index (χ4v) is 6.67. The van der Waals surface area contributed by atoms with Crippen LogP contribution >= 0.6 is 11.6 Å². The van der Waals surface area contributed by atoms with Crippen LogP contribution in [0.15, 0.2) is 43.1 Å². The number of phenolic OH excluding ortho intramolecular Hbond substituents is 1. The number of aromatic nitrogens is 1. The molecule has 44 heavy (non-hydrogen) atoms. The summed E-state index contributed by atoms with van der Waals surface area (Å²) in [6, 6.07) is 4.76. The van der Waals surface area contributed by atoms with Crippen molar-refractivity contribution in [1.29, 1.82) is 5.41 Å². The first-order chi connectivity index (χ1) is 20.9. The number of nitrogens with one attached hydrogen (secondary N) is 2. The second-order valence-electron chi connectivity index (χ2n) is 11.3. The molecule has 0 aliphatic carbocycles. The Hall–Kier alpha value is -4.22. The van der Waals surface area contributed by atoms with Gasteiger partial charge in [-0.3, -0.25) is 15.2 Å². The van der Waals surface area contributed by atoms with E-state index < -0.39 is 29.1 Å². The summed E-state index contributed by atoms with van der Waals surface area (Å²) >= 11 is 6.96. The Labute approximate surface area is 259 Å². The van der Waals surface area contributed by atoms with E-state index in [9.17, 15) is 20.4 Å². The van der Waals surface area contributed by atoms with Gasteiger partial charge in [0, 0.05) is 44.5 Å². The molecule has 0 saturated carbocycles. The minimum atomic E-state index is -1.02. The molecule has 5 rings (SSSR count). The Balaban J connectivity index is 1.82. The van der Waals surface area contributed by atoms with Crippen LogP contribution in [0, 0.1) is 24.0 Å². The summed E-state index contributed by atoms with van der Waals surface area (Å²) < 4.78 is 32.4. The summed E-state index contributed by atoms with van der Waals surface area (Å²) in [4.78, 5) is 22.2. The monoisotopic (exact) mass is 624 g/mol. The van der Waals surface area contributed by atoms with E-state index in [1.807, 2.05) is 11.8 Å². The highest BCUT2D eigenvalue weighted by Gasteiger charge is 2.41. The number of pyridine rings is 1. The van der Waals surface area contributed by atoms with Crippen LogP contribution in [-0.4, -0.2) is 75.5 Å². The Kier molecular flexibility index (Phi) is 8.55. The molecule has 1 fully saturated rings. The van der Waals surface area contributed by atoms with Crippen LogP contribution in [0.3, 0.4) is 0 Å². The Morgan fingerprint density at radius 3 is 2.61 bits per heavy atom. The number of piperazine rings is 1. The number of fused-ring (bicyclic) bond motifs is 2. The molecule has 3 atom stereocenters. The van der Waals surface area contributed by atoms with Crippen molar-refractivity contribution < 1.29 is 23.8 Å². The zero-order valence-electron chi connectivity index (χ0n) is 25.0. The molecule has 0 radical (unpaired) electrons. The topological polar surface area (TPSA) is 116 Å². The molecule has 1 saturated heterocycles. The lowest BCUT2D eigenvalue weighted by molar-refractivity contribution is -0.129. The Morgan fingerprint density at radius 2 is 1.95 bits per heavy atom. The zero-order chi connectivity index (χ0) is 32.0. The number of rotatable bonds is 5. The third-order valence-corrected chi connectivity index (χ3v) is 8.74. The molecule has 2 aromatic carbocycles. The molecule has 3 heterocycles. The standard InChI is InChI=1S/C32H35ClF2N6O3/c1-6-22(44)40-14-17(3)41-19(15-40)11-13-39(5)31-25(32(41)36)30(38-28-16(2)10-12-37-29(28)18(4)42)27(35)24(26(31)33)23-20(34)8-7-9-21(23)43/h6-10,12,17-19,36,38,42-43H,1,11,13-15H2,2-5H3. The van der Waals surface area contributed by atoms with E-state index in [-0.39, 0.29) is 57.0 Å². The minimum absolute atomic E-state index is 0.0394. The number of hydrogen-bond acceptors (Lipinski definition) is 7. The zero-order valence-corrected chi connectivity index (χ0v) is 25.7. The minimum Gasteiger partial charge on any atom is -0.507 e. The van der Waals surface area contributed by atoms with Gasteiger partial charge in [-0.2, -0.15) is 0 Å². The first-order valence-corrected chi connectivity index (χ1v) is 14.7. The van der Waals surface area contributed by atoms with Crippen LogP contribution in [0.25, 0.3) is 11.1 Å². The second kappa shape index (κ2) is 12.0. The fraction of sp³-hybridized carbons (Fsp3) is 0.344. The average Bonchev–Trinajstić information content (AvgIpc) is 2.97. The quantitative estimate of drug-likeness (QED) is 0.267. The van der Waals surface area contributed by atoms with E-state index in [2.05, 4.69) is 16.9 Å². The summed E-state index contributed by atoms with van der Waals surface area (Å²) in [5, 5.41) is 33.7. The number of aromatic hydroxyl groups is 1. The number of amides is 1. The smallest absolute Gasteiger partial charge is 0.246 e. The predicted molar refractivity (Wildman–Crippen MR) is 168 cm³/mol. The number of carbonyl (C=O) groups excluding carboxylic acids is 1. The van der Waals surface area contributed by atoms with Crippen LogP contribution in [0.4, 0.5) is 25.8 Å². The fourth-order valence-electron chi connectivity index (χ4n) is 6.26. The number of benzene rings is 2. The van der Waals surface area contributed by atoms with Crippen LogP contribution in [-0.2, 0) is 4.79 Å². The third kappa shape index (κ3) is 5.24. The second-order valence-corrected chi connectivity index (χ2v) is 11.7. The molecule has 0 bridgehead atoms. The number of nitrogens with zero attached hydrogens (tertiary/aromatic N) is 4. The van der Waals surface area contributed by atoms with Gasteiger partial charge in [0.25, 0.3) is 0 Å². The average molecular weight is 625 g/mol. The molecule has 232 valence electrons. The van der Waals surface area contributed by atoms with Crippen LogP contribution in [0.1, 0.15) is 43.2 Å². The van der Waals surface area contributed by atoms with Crippen molar-refractivity contribution in [3.8, 4) is 16.9 Å². The highest BCUT2D eigenvalue weighted by molar-refractivity contribution is 6.38. The van der Waals surface area contributed by atoms with Crippen molar-refractivity contribution in [2.24, 2.45) is 0 Å². The molecule has 0 spiro atoms. The van der Waals surface area contributed by atoms with Gasteiger partial charge in [-0.15, -0.1) is 0 Å². The maximum Gasteiger partial charge on any atom is 0.246 e.